The fraction of sp³-hybridized carbons (Fsp3) is 1.00. The number of rotatable bonds is 3. The molecule has 2 aliphatic rings. The lowest BCUT2D eigenvalue weighted by Gasteiger charge is -2.51. The van der Waals surface area contributed by atoms with Crippen molar-refractivity contribution < 1.29 is 9.84 Å². The smallest absolute Gasteiger partial charge is 0.0621 e. The van der Waals surface area contributed by atoms with Crippen molar-refractivity contribution in [2.75, 3.05) is 13.2 Å². The number of hydrogen-bond acceptors (Lipinski definition) is 3. The van der Waals surface area contributed by atoms with E-state index >= 15 is 0 Å². The van der Waals surface area contributed by atoms with E-state index in [2.05, 4.69) is 26.1 Å². The van der Waals surface area contributed by atoms with Crippen LogP contribution in [0.3, 0.4) is 0 Å². The minimum atomic E-state index is -0.137. The molecule has 0 spiro atoms. The highest BCUT2D eigenvalue weighted by atomic mass is 16.5. The molecule has 4 unspecified atom stereocenters. The Balaban J connectivity index is 1.82. The molecule has 0 amide bonds. The number of aliphatic hydroxyl groups excluding tert-OH is 1. The summed E-state index contributed by atoms with van der Waals surface area (Å²) in [6, 6.07) is 0.965. The lowest BCUT2D eigenvalue weighted by atomic mass is 9.64. The Kier molecular flexibility index (Phi) is 3.06. The number of hydrogen-bond donors (Lipinski definition) is 2. The molecule has 3 nitrogen and oxygen atoms in total. The van der Waals surface area contributed by atoms with Crippen molar-refractivity contribution in [3.05, 3.63) is 0 Å². The second-order valence-corrected chi connectivity index (χ2v) is 5.70. The molecule has 1 aliphatic carbocycles. The summed E-state index contributed by atoms with van der Waals surface area (Å²) in [6.07, 6.45) is 1.93. The largest absolute Gasteiger partial charge is 0.392 e. The highest BCUT2D eigenvalue weighted by molar-refractivity contribution is 5.02. The molecule has 0 aromatic carbocycles. The summed E-state index contributed by atoms with van der Waals surface area (Å²) >= 11 is 0. The van der Waals surface area contributed by atoms with E-state index in [1.165, 1.54) is 6.42 Å². The van der Waals surface area contributed by atoms with E-state index in [4.69, 9.17) is 4.74 Å². The van der Waals surface area contributed by atoms with Gasteiger partial charge in [0, 0.05) is 24.1 Å². The highest BCUT2D eigenvalue weighted by Crippen LogP contribution is 2.41. The van der Waals surface area contributed by atoms with Gasteiger partial charge in [-0.15, -0.1) is 0 Å². The van der Waals surface area contributed by atoms with Crippen molar-refractivity contribution >= 4 is 0 Å². The van der Waals surface area contributed by atoms with Crippen LogP contribution < -0.4 is 5.32 Å². The summed E-state index contributed by atoms with van der Waals surface area (Å²) in [5.41, 5.74) is 0.0354. The van der Waals surface area contributed by atoms with Gasteiger partial charge in [0.2, 0.25) is 0 Å². The molecular formula is C12H23NO2. The summed E-state index contributed by atoms with van der Waals surface area (Å²) < 4.78 is 5.40. The monoisotopic (exact) mass is 213 g/mol. The van der Waals surface area contributed by atoms with Crippen molar-refractivity contribution in [2.24, 2.45) is 11.3 Å². The number of nitrogens with one attached hydrogen (secondary N) is 1. The van der Waals surface area contributed by atoms with Crippen molar-refractivity contribution in [2.45, 2.75) is 51.8 Å². The molecule has 1 saturated carbocycles. The SMILES string of the molecule is CC(NC1CC(O)C1(C)C)C1CCOC1. The molecule has 2 N–H and O–H groups in total. The number of ether oxygens (including phenoxy) is 1. The van der Waals surface area contributed by atoms with Crippen molar-refractivity contribution in [3.8, 4) is 0 Å². The van der Waals surface area contributed by atoms with E-state index in [0.717, 1.165) is 19.6 Å². The van der Waals surface area contributed by atoms with Crippen LogP contribution in [0.25, 0.3) is 0 Å². The lowest BCUT2D eigenvalue weighted by Crippen LogP contribution is -2.62. The molecule has 1 heterocycles. The van der Waals surface area contributed by atoms with Crippen LogP contribution in [-0.2, 0) is 4.74 Å². The van der Waals surface area contributed by atoms with Gasteiger partial charge in [0.1, 0.15) is 0 Å². The summed E-state index contributed by atoms with van der Waals surface area (Å²) in [5, 5.41) is 13.3. The molecule has 1 saturated heterocycles. The molecule has 88 valence electrons. The van der Waals surface area contributed by atoms with Gasteiger partial charge in [0.15, 0.2) is 0 Å². The third kappa shape index (κ3) is 2.05. The van der Waals surface area contributed by atoms with Crippen LogP contribution in [0, 0.1) is 11.3 Å². The Morgan fingerprint density at radius 2 is 2.20 bits per heavy atom. The zero-order valence-electron chi connectivity index (χ0n) is 9.99. The molecule has 1 aliphatic heterocycles. The number of aliphatic hydroxyl groups is 1. The Morgan fingerprint density at radius 3 is 2.67 bits per heavy atom. The fourth-order valence-electron chi connectivity index (χ4n) is 2.59. The maximum absolute atomic E-state index is 9.66. The molecule has 2 fully saturated rings. The average molecular weight is 213 g/mol. The van der Waals surface area contributed by atoms with E-state index in [0.29, 0.717) is 18.0 Å². The standard InChI is InChI=1S/C12H23NO2/c1-8(9-4-5-15-7-9)13-10-6-11(14)12(10,2)3/h8-11,13-14H,4-7H2,1-3H3. The third-order valence-electron chi connectivity index (χ3n) is 4.35. The summed E-state index contributed by atoms with van der Waals surface area (Å²) in [4.78, 5) is 0. The molecule has 0 aromatic heterocycles. The van der Waals surface area contributed by atoms with E-state index in [1.807, 2.05) is 0 Å². The zero-order valence-corrected chi connectivity index (χ0v) is 9.99. The van der Waals surface area contributed by atoms with Crippen LogP contribution in [0.15, 0.2) is 0 Å². The molecule has 0 bridgehead atoms. The van der Waals surface area contributed by atoms with Gasteiger partial charge in [-0.2, -0.15) is 0 Å². The molecule has 15 heavy (non-hydrogen) atoms. The van der Waals surface area contributed by atoms with E-state index in [-0.39, 0.29) is 11.5 Å². The third-order valence-corrected chi connectivity index (χ3v) is 4.35. The van der Waals surface area contributed by atoms with Gasteiger partial charge in [0.05, 0.1) is 12.7 Å². The summed E-state index contributed by atoms with van der Waals surface area (Å²) in [5.74, 6) is 0.651. The summed E-state index contributed by atoms with van der Waals surface area (Å²) in [6.45, 7) is 8.31. The quantitative estimate of drug-likeness (QED) is 0.739. The van der Waals surface area contributed by atoms with Gasteiger partial charge in [-0.25, -0.2) is 0 Å². The first-order chi connectivity index (χ1) is 7.01. The maximum atomic E-state index is 9.66. The zero-order chi connectivity index (χ0) is 11.1. The molecule has 0 aromatic rings. The summed E-state index contributed by atoms with van der Waals surface area (Å²) in [7, 11) is 0. The van der Waals surface area contributed by atoms with Crippen LogP contribution in [0.1, 0.15) is 33.6 Å². The van der Waals surface area contributed by atoms with E-state index < -0.39 is 0 Å². The lowest BCUT2D eigenvalue weighted by molar-refractivity contribution is -0.0772. The molecule has 3 heteroatoms. The maximum Gasteiger partial charge on any atom is 0.0621 e. The minimum absolute atomic E-state index is 0.0354. The second-order valence-electron chi connectivity index (χ2n) is 5.70. The van der Waals surface area contributed by atoms with Crippen molar-refractivity contribution in [1.29, 1.82) is 0 Å². The fourth-order valence-corrected chi connectivity index (χ4v) is 2.59. The van der Waals surface area contributed by atoms with Crippen LogP contribution in [-0.4, -0.2) is 36.5 Å². The highest BCUT2D eigenvalue weighted by Gasteiger charge is 2.47. The van der Waals surface area contributed by atoms with Gasteiger partial charge in [-0.1, -0.05) is 13.8 Å². The molecule has 4 atom stereocenters. The van der Waals surface area contributed by atoms with Gasteiger partial charge in [0.25, 0.3) is 0 Å². The normalized spacial score (nSPS) is 41.2. The predicted molar refractivity (Wildman–Crippen MR) is 59.7 cm³/mol. The Bertz CT molecular complexity index is 224. The Labute approximate surface area is 92.2 Å². The van der Waals surface area contributed by atoms with E-state index in [1.54, 1.807) is 0 Å². The molecule has 0 radical (unpaired) electrons. The van der Waals surface area contributed by atoms with Crippen molar-refractivity contribution in [1.82, 2.24) is 5.32 Å². The minimum Gasteiger partial charge on any atom is -0.392 e. The predicted octanol–water partition coefficient (Wildman–Crippen LogP) is 1.16. The first-order valence-corrected chi connectivity index (χ1v) is 6.03. The molecule has 2 rings (SSSR count). The molecular weight excluding hydrogens is 190 g/mol. The Morgan fingerprint density at radius 1 is 1.47 bits per heavy atom. The van der Waals surface area contributed by atoms with Gasteiger partial charge >= 0.3 is 0 Å². The Hall–Kier alpha value is -0.120. The van der Waals surface area contributed by atoms with Crippen LogP contribution in [0.5, 0.6) is 0 Å². The van der Waals surface area contributed by atoms with Gasteiger partial charge in [-0.05, 0) is 25.7 Å². The van der Waals surface area contributed by atoms with Gasteiger partial charge < -0.3 is 15.2 Å². The van der Waals surface area contributed by atoms with Crippen LogP contribution in [0.2, 0.25) is 0 Å². The van der Waals surface area contributed by atoms with Crippen LogP contribution >= 0.6 is 0 Å². The average Bonchev–Trinajstić information content (AvgIpc) is 2.70. The second kappa shape index (κ2) is 4.04. The first kappa shape index (κ1) is 11.4. The van der Waals surface area contributed by atoms with Crippen molar-refractivity contribution in [3.63, 3.8) is 0 Å². The van der Waals surface area contributed by atoms with Crippen LogP contribution in [0.4, 0.5) is 0 Å². The first-order valence-electron chi connectivity index (χ1n) is 6.03. The topological polar surface area (TPSA) is 41.5 Å². The van der Waals surface area contributed by atoms with Gasteiger partial charge in [-0.3, -0.25) is 0 Å². The van der Waals surface area contributed by atoms with E-state index in [9.17, 15) is 5.11 Å².